The summed E-state index contributed by atoms with van der Waals surface area (Å²) in [5, 5.41) is -0.288. The lowest BCUT2D eigenvalue weighted by molar-refractivity contribution is -0.144. The van der Waals surface area contributed by atoms with Crippen LogP contribution in [0.5, 0.6) is 17.4 Å². The van der Waals surface area contributed by atoms with Crippen molar-refractivity contribution in [2.75, 3.05) is 0 Å². The Morgan fingerprint density at radius 3 is 2.37 bits per heavy atom. The summed E-state index contributed by atoms with van der Waals surface area (Å²) in [5.41, 5.74) is -6.32. The van der Waals surface area contributed by atoms with Crippen LogP contribution in [0.2, 0.25) is 5.02 Å². The number of carbonyl (C=O) groups is 1. The molecular weight excluding hydrogens is 498 g/mol. The van der Waals surface area contributed by atoms with Crippen LogP contribution in [-0.2, 0) is 18.0 Å². The molecule has 35 heavy (non-hydrogen) atoms. The Morgan fingerprint density at radius 2 is 1.77 bits per heavy atom. The van der Waals surface area contributed by atoms with Crippen molar-refractivity contribution in [3.05, 3.63) is 73.9 Å². The minimum Gasteiger partial charge on any atom is -0.461 e. The highest BCUT2D eigenvalue weighted by Crippen LogP contribution is 2.37. The average Bonchev–Trinajstić information content (AvgIpc) is 2.74. The van der Waals surface area contributed by atoms with Gasteiger partial charge in [0.15, 0.2) is 17.1 Å². The van der Waals surface area contributed by atoms with E-state index in [0.29, 0.717) is 0 Å². The molecule has 186 valence electrons. The molecule has 13 heteroatoms. The molecule has 0 bridgehead atoms. The number of ketones is 1. The number of alkyl halides is 3. The first-order chi connectivity index (χ1) is 16.1. The molecule has 2 heterocycles. The Bertz CT molecular complexity index is 1430. The van der Waals surface area contributed by atoms with E-state index in [1.807, 2.05) is 0 Å². The molecule has 0 aliphatic carbocycles. The Morgan fingerprint density at radius 1 is 1.11 bits per heavy atom. The molecule has 0 spiro atoms. The molecule has 0 fully saturated rings. The van der Waals surface area contributed by atoms with E-state index in [-0.39, 0.29) is 43.4 Å². The van der Waals surface area contributed by atoms with Crippen LogP contribution in [0.4, 0.5) is 17.6 Å². The van der Waals surface area contributed by atoms with Crippen LogP contribution in [0.25, 0.3) is 5.69 Å². The first kappa shape index (κ1) is 25.9. The molecule has 3 aromatic rings. The van der Waals surface area contributed by atoms with Gasteiger partial charge in [-0.2, -0.15) is 13.2 Å². The third kappa shape index (κ3) is 5.21. The number of nitrogens with zero attached hydrogens (tertiary/aromatic N) is 3. The van der Waals surface area contributed by atoms with E-state index in [4.69, 9.17) is 21.1 Å². The first-order valence-corrected chi connectivity index (χ1v) is 10.2. The molecule has 0 saturated heterocycles. The molecule has 0 aliphatic rings. The van der Waals surface area contributed by atoms with Crippen molar-refractivity contribution in [3.63, 3.8) is 0 Å². The fraction of sp³-hybridized carbons (Fsp3) is 0.273. The van der Waals surface area contributed by atoms with Gasteiger partial charge in [-0.15, -0.1) is 0 Å². The minimum atomic E-state index is -4.98. The van der Waals surface area contributed by atoms with Gasteiger partial charge in [-0.3, -0.25) is 14.2 Å². The van der Waals surface area contributed by atoms with Gasteiger partial charge in [-0.25, -0.2) is 18.7 Å². The van der Waals surface area contributed by atoms with E-state index in [1.54, 1.807) is 0 Å². The van der Waals surface area contributed by atoms with Crippen LogP contribution in [0.15, 0.2) is 46.1 Å². The third-order valence-electron chi connectivity index (χ3n) is 5.01. The van der Waals surface area contributed by atoms with E-state index >= 15 is 0 Å². The second kappa shape index (κ2) is 9.17. The zero-order valence-corrected chi connectivity index (χ0v) is 19.5. The monoisotopic (exact) mass is 515 g/mol. The maximum Gasteiger partial charge on any atom is 0.431 e. The molecule has 0 amide bonds. The summed E-state index contributed by atoms with van der Waals surface area (Å²) in [4.78, 5) is 40.8. The number of benzene rings is 1. The molecule has 0 atom stereocenters. The summed E-state index contributed by atoms with van der Waals surface area (Å²) in [5.74, 6) is -1.91. The maximum atomic E-state index is 14.7. The summed E-state index contributed by atoms with van der Waals surface area (Å²) in [6.45, 7) is 4.32. The largest absolute Gasteiger partial charge is 0.461 e. The van der Waals surface area contributed by atoms with Gasteiger partial charge in [0.1, 0.15) is 17.3 Å². The zero-order valence-electron chi connectivity index (χ0n) is 18.7. The predicted octanol–water partition coefficient (Wildman–Crippen LogP) is 4.28. The highest BCUT2D eigenvalue weighted by molar-refractivity contribution is 6.32. The summed E-state index contributed by atoms with van der Waals surface area (Å²) in [7, 11) is 0.794. The maximum absolute atomic E-state index is 14.7. The topological polar surface area (TPSA) is 92.4 Å². The number of carbonyl (C=O) groups excluding carboxylic acids is 1. The van der Waals surface area contributed by atoms with E-state index < -0.39 is 40.2 Å². The Balaban J connectivity index is 2.13. The fourth-order valence-electron chi connectivity index (χ4n) is 2.85. The van der Waals surface area contributed by atoms with Gasteiger partial charge in [0.25, 0.3) is 11.4 Å². The number of hydrogen-bond donors (Lipinski definition) is 0. The summed E-state index contributed by atoms with van der Waals surface area (Å²) in [6.07, 6.45) is -3.62. The van der Waals surface area contributed by atoms with E-state index in [9.17, 15) is 31.9 Å². The normalized spacial score (nSPS) is 11.9. The molecule has 0 unspecified atom stereocenters. The SMILES string of the molecule is CC(=O)C(C)(C)Oc1ncccc1Oc1cc(-n2c(=O)cc(C(F)(F)F)n(C)c2=O)c(F)cc1Cl. The van der Waals surface area contributed by atoms with Crippen molar-refractivity contribution in [2.24, 2.45) is 7.05 Å². The van der Waals surface area contributed by atoms with Crippen LogP contribution in [-0.4, -0.2) is 25.5 Å². The predicted molar refractivity (Wildman–Crippen MR) is 117 cm³/mol. The summed E-state index contributed by atoms with van der Waals surface area (Å²) >= 11 is 6.07. The smallest absolute Gasteiger partial charge is 0.431 e. The van der Waals surface area contributed by atoms with E-state index in [1.165, 1.54) is 39.1 Å². The number of aromatic nitrogens is 3. The second-order valence-electron chi connectivity index (χ2n) is 7.85. The van der Waals surface area contributed by atoms with Crippen LogP contribution < -0.4 is 20.7 Å². The van der Waals surface area contributed by atoms with Crippen LogP contribution in [0, 0.1) is 5.82 Å². The fourth-order valence-corrected chi connectivity index (χ4v) is 3.04. The van der Waals surface area contributed by atoms with E-state index in [0.717, 1.165) is 19.2 Å². The first-order valence-electron chi connectivity index (χ1n) is 9.86. The van der Waals surface area contributed by atoms with Crippen LogP contribution >= 0.6 is 11.6 Å². The molecule has 1 aromatic carbocycles. The molecule has 8 nitrogen and oxygen atoms in total. The molecular formula is C22H18ClF4N3O5. The third-order valence-corrected chi connectivity index (χ3v) is 5.30. The standard InChI is InChI=1S/C22H18ClF4N3O5/c1-11(31)21(2,3)35-19-15(6-5-7-28-19)34-16-9-14(13(24)8-12(16)23)30-18(32)10-17(22(25,26)27)29(4)20(30)33/h5-10H,1-4H3. The number of halogens is 5. The van der Waals surface area contributed by atoms with Gasteiger partial charge in [-0.1, -0.05) is 11.6 Å². The van der Waals surface area contributed by atoms with Crippen molar-refractivity contribution in [1.29, 1.82) is 0 Å². The molecule has 2 aromatic heterocycles. The van der Waals surface area contributed by atoms with Crippen molar-refractivity contribution in [1.82, 2.24) is 14.1 Å². The Labute approximate surface area is 200 Å². The van der Waals surface area contributed by atoms with Gasteiger partial charge < -0.3 is 9.47 Å². The Hall–Kier alpha value is -3.67. The molecule has 0 aliphatic heterocycles. The van der Waals surface area contributed by atoms with Gasteiger partial charge >= 0.3 is 11.9 Å². The number of pyridine rings is 1. The molecule has 0 N–H and O–H groups in total. The number of ether oxygens (including phenoxy) is 2. The lowest BCUT2D eigenvalue weighted by Gasteiger charge is -2.23. The molecule has 0 radical (unpaired) electrons. The highest BCUT2D eigenvalue weighted by atomic mass is 35.5. The zero-order chi connectivity index (χ0) is 26.3. The van der Waals surface area contributed by atoms with Crippen molar-refractivity contribution in [2.45, 2.75) is 32.5 Å². The highest BCUT2D eigenvalue weighted by Gasteiger charge is 2.35. The van der Waals surface area contributed by atoms with Crippen molar-refractivity contribution < 1.29 is 31.8 Å². The quantitative estimate of drug-likeness (QED) is 0.455. The van der Waals surface area contributed by atoms with Gasteiger partial charge in [0, 0.05) is 25.4 Å². The van der Waals surface area contributed by atoms with Gasteiger partial charge in [0.2, 0.25) is 0 Å². The second-order valence-corrected chi connectivity index (χ2v) is 8.26. The molecule has 0 saturated carbocycles. The van der Waals surface area contributed by atoms with Crippen molar-refractivity contribution >= 4 is 17.4 Å². The van der Waals surface area contributed by atoms with Crippen LogP contribution in [0.3, 0.4) is 0 Å². The van der Waals surface area contributed by atoms with Crippen molar-refractivity contribution in [3.8, 4) is 23.1 Å². The number of Topliss-reactive ketones (excluding diaryl/α,β-unsaturated/α-hetero) is 1. The van der Waals surface area contributed by atoms with Gasteiger partial charge in [-0.05, 0) is 39.0 Å². The average molecular weight is 516 g/mol. The minimum absolute atomic E-state index is 0.0473. The molecule has 3 rings (SSSR count). The lowest BCUT2D eigenvalue weighted by Crippen LogP contribution is -2.41. The summed E-state index contributed by atoms with van der Waals surface area (Å²) in [6, 6.07) is 4.65. The number of hydrogen-bond acceptors (Lipinski definition) is 6. The lowest BCUT2D eigenvalue weighted by atomic mass is 10.1. The van der Waals surface area contributed by atoms with E-state index in [2.05, 4.69) is 4.98 Å². The summed E-state index contributed by atoms with van der Waals surface area (Å²) < 4.78 is 65.8. The van der Waals surface area contributed by atoms with Gasteiger partial charge in [0.05, 0.1) is 10.7 Å². The van der Waals surface area contributed by atoms with Crippen LogP contribution in [0.1, 0.15) is 26.5 Å². The number of rotatable bonds is 6. The Kier molecular flexibility index (Phi) is 6.80.